The molecule has 0 fully saturated rings. The Bertz CT molecular complexity index is 1200. The maximum atomic E-state index is 12.5. The molecule has 0 spiro atoms. The van der Waals surface area contributed by atoms with Crippen molar-refractivity contribution in [2.45, 2.75) is 11.9 Å². The highest BCUT2D eigenvalue weighted by Gasteiger charge is 2.18. The minimum atomic E-state index is -0.181. The van der Waals surface area contributed by atoms with Gasteiger partial charge in [0.25, 0.3) is 0 Å². The van der Waals surface area contributed by atoms with Crippen LogP contribution in [-0.2, 0) is 4.79 Å². The van der Waals surface area contributed by atoms with Gasteiger partial charge in [-0.25, -0.2) is 9.97 Å². The number of aromatic nitrogens is 2. The highest BCUT2D eigenvalue weighted by molar-refractivity contribution is 8.00. The van der Waals surface area contributed by atoms with Gasteiger partial charge in [0.2, 0.25) is 5.91 Å². The molecular formula is C21H15Cl2N3OS2. The van der Waals surface area contributed by atoms with Gasteiger partial charge in [0.15, 0.2) is 0 Å². The summed E-state index contributed by atoms with van der Waals surface area (Å²) in [6, 6.07) is 15.1. The van der Waals surface area contributed by atoms with E-state index in [0.29, 0.717) is 15.7 Å². The van der Waals surface area contributed by atoms with Crippen LogP contribution in [0.15, 0.2) is 59.9 Å². The number of nitrogens with zero attached hydrogens (tertiary/aromatic N) is 2. The number of halogens is 2. The predicted octanol–water partition coefficient (Wildman–Crippen LogP) is 6.70. The molecule has 0 radical (unpaired) electrons. The summed E-state index contributed by atoms with van der Waals surface area (Å²) in [7, 11) is 0. The molecule has 2 aromatic carbocycles. The first-order valence-electron chi connectivity index (χ1n) is 8.70. The van der Waals surface area contributed by atoms with Crippen LogP contribution >= 0.6 is 46.3 Å². The van der Waals surface area contributed by atoms with Gasteiger partial charge < -0.3 is 5.32 Å². The molecule has 0 unspecified atom stereocenters. The van der Waals surface area contributed by atoms with Crippen molar-refractivity contribution in [2.24, 2.45) is 0 Å². The Kier molecular flexibility index (Phi) is 6.06. The molecule has 2 aromatic heterocycles. The molecule has 0 saturated heterocycles. The number of aryl methyl sites for hydroxylation is 1. The monoisotopic (exact) mass is 459 g/mol. The first-order valence-corrected chi connectivity index (χ1v) is 11.3. The summed E-state index contributed by atoms with van der Waals surface area (Å²) >= 11 is 15.1. The minimum Gasteiger partial charge on any atom is -0.324 e. The highest BCUT2D eigenvalue weighted by Crippen LogP contribution is 2.41. The van der Waals surface area contributed by atoms with E-state index in [4.69, 9.17) is 23.2 Å². The zero-order chi connectivity index (χ0) is 20.4. The quantitative estimate of drug-likeness (QED) is 0.266. The molecule has 0 bridgehead atoms. The van der Waals surface area contributed by atoms with Crippen LogP contribution in [0, 0.1) is 6.92 Å². The molecule has 1 N–H and O–H groups in total. The topological polar surface area (TPSA) is 54.9 Å². The molecule has 0 atom stereocenters. The molecule has 0 aliphatic carbocycles. The van der Waals surface area contributed by atoms with E-state index < -0.39 is 0 Å². The lowest BCUT2D eigenvalue weighted by Gasteiger charge is -2.08. The maximum absolute atomic E-state index is 12.5. The Hall–Kier alpha value is -2.12. The van der Waals surface area contributed by atoms with E-state index in [-0.39, 0.29) is 11.7 Å². The molecule has 0 aliphatic heterocycles. The Morgan fingerprint density at radius 1 is 1.14 bits per heavy atom. The number of hydrogen-bond acceptors (Lipinski definition) is 5. The number of hydrogen-bond donors (Lipinski definition) is 1. The third kappa shape index (κ3) is 4.41. The molecule has 2 heterocycles. The summed E-state index contributed by atoms with van der Waals surface area (Å²) in [6.45, 7) is 2.08. The van der Waals surface area contributed by atoms with Crippen molar-refractivity contribution in [2.75, 3.05) is 11.1 Å². The number of thiophene rings is 1. The molecule has 29 heavy (non-hydrogen) atoms. The molecule has 4 nitrogen and oxygen atoms in total. The fraction of sp³-hybridized carbons (Fsp3) is 0.0952. The Morgan fingerprint density at radius 2 is 1.93 bits per heavy atom. The van der Waals surface area contributed by atoms with Gasteiger partial charge in [0, 0.05) is 15.5 Å². The second-order valence-electron chi connectivity index (χ2n) is 6.22. The maximum Gasteiger partial charge on any atom is 0.234 e. The number of fused-ring (bicyclic) bond motifs is 1. The van der Waals surface area contributed by atoms with Crippen LogP contribution in [0.4, 0.5) is 5.69 Å². The molecule has 0 aliphatic rings. The van der Waals surface area contributed by atoms with Crippen LogP contribution in [0.5, 0.6) is 0 Å². The summed E-state index contributed by atoms with van der Waals surface area (Å²) in [5, 5.41) is 5.52. The zero-order valence-corrected chi connectivity index (χ0v) is 18.4. The Balaban J connectivity index is 1.60. The van der Waals surface area contributed by atoms with Crippen molar-refractivity contribution in [1.82, 2.24) is 9.97 Å². The van der Waals surface area contributed by atoms with Crippen molar-refractivity contribution in [3.63, 3.8) is 0 Å². The van der Waals surface area contributed by atoms with E-state index in [1.165, 1.54) is 16.6 Å². The van der Waals surface area contributed by atoms with Gasteiger partial charge in [-0.3, -0.25) is 4.79 Å². The molecule has 0 saturated carbocycles. The number of carbonyl (C=O) groups is 1. The van der Waals surface area contributed by atoms with Crippen molar-refractivity contribution in [1.29, 1.82) is 0 Å². The second-order valence-corrected chi connectivity index (χ2v) is 9.23. The largest absolute Gasteiger partial charge is 0.324 e. The fourth-order valence-electron chi connectivity index (χ4n) is 2.99. The van der Waals surface area contributed by atoms with Gasteiger partial charge in [-0.05, 0) is 30.7 Å². The van der Waals surface area contributed by atoms with Gasteiger partial charge in [-0.15, -0.1) is 11.3 Å². The van der Waals surface area contributed by atoms with E-state index >= 15 is 0 Å². The van der Waals surface area contributed by atoms with Crippen LogP contribution in [0.1, 0.15) is 4.88 Å². The summed E-state index contributed by atoms with van der Waals surface area (Å²) < 4.78 is 0. The first-order chi connectivity index (χ1) is 14.0. The van der Waals surface area contributed by atoms with E-state index in [2.05, 4.69) is 34.3 Å². The molecule has 4 aromatic rings. The van der Waals surface area contributed by atoms with Crippen LogP contribution in [0.2, 0.25) is 10.0 Å². The molecular weight excluding hydrogens is 445 g/mol. The van der Waals surface area contributed by atoms with E-state index in [1.807, 2.05) is 18.2 Å². The molecule has 146 valence electrons. The Morgan fingerprint density at radius 3 is 2.72 bits per heavy atom. The lowest BCUT2D eigenvalue weighted by Crippen LogP contribution is -2.14. The summed E-state index contributed by atoms with van der Waals surface area (Å²) in [4.78, 5) is 23.4. The third-order valence-corrected chi connectivity index (χ3v) is 6.80. The smallest absolute Gasteiger partial charge is 0.234 e. The minimum absolute atomic E-state index is 0.181. The lowest BCUT2D eigenvalue weighted by molar-refractivity contribution is -0.113. The number of thioether (sulfide) groups is 1. The van der Waals surface area contributed by atoms with Crippen LogP contribution in [0.3, 0.4) is 0 Å². The van der Waals surface area contributed by atoms with Crippen molar-refractivity contribution < 1.29 is 4.79 Å². The number of amides is 1. The molecule has 1 amide bonds. The summed E-state index contributed by atoms with van der Waals surface area (Å²) in [6.07, 6.45) is 1.54. The van der Waals surface area contributed by atoms with E-state index in [0.717, 1.165) is 26.4 Å². The average Bonchev–Trinajstić information content (AvgIpc) is 3.06. The van der Waals surface area contributed by atoms with Gasteiger partial charge in [0.1, 0.15) is 16.2 Å². The van der Waals surface area contributed by atoms with Crippen LogP contribution in [0.25, 0.3) is 21.3 Å². The number of carbonyl (C=O) groups excluding carboxylic acids is 1. The van der Waals surface area contributed by atoms with Gasteiger partial charge in [-0.1, -0.05) is 65.3 Å². The molecule has 4 rings (SSSR count). The number of benzene rings is 2. The number of rotatable bonds is 5. The highest BCUT2D eigenvalue weighted by atomic mass is 35.5. The number of nitrogens with one attached hydrogen (secondary N) is 1. The van der Waals surface area contributed by atoms with Gasteiger partial charge in [0.05, 0.1) is 21.8 Å². The van der Waals surface area contributed by atoms with Crippen molar-refractivity contribution in [3.05, 3.63) is 69.8 Å². The normalized spacial score (nSPS) is 11.0. The first kappa shape index (κ1) is 20.2. The second kappa shape index (κ2) is 8.71. The Labute approximate surface area is 186 Å². The van der Waals surface area contributed by atoms with E-state index in [9.17, 15) is 4.79 Å². The van der Waals surface area contributed by atoms with Gasteiger partial charge >= 0.3 is 0 Å². The van der Waals surface area contributed by atoms with Crippen LogP contribution in [-0.4, -0.2) is 21.6 Å². The van der Waals surface area contributed by atoms with Crippen molar-refractivity contribution >= 4 is 68.1 Å². The fourth-order valence-corrected chi connectivity index (χ4v) is 5.21. The van der Waals surface area contributed by atoms with E-state index in [1.54, 1.807) is 35.9 Å². The van der Waals surface area contributed by atoms with Crippen molar-refractivity contribution in [3.8, 4) is 11.1 Å². The van der Waals surface area contributed by atoms with Crippen LogP contribution < -0.4 is 5.32 Å². The zero-order valence-electron chi connectivity index (χ0n) is 15.3. The predicted molar refractivity (Wildman–Crippen MR) is 123 cm³/mol. The summed E-state index contributed by atoms with van der Waals surface area (Å²) in [5.74, 6) is 0.0112. The SMILES string of the molecule is Cc1sc2ncnc(SCC(=O)Nc3cc(Cl)ccc3Cl)c2c1-c1ccccc1. The third-order valence-electron chi connectivity index (χ3n) is 4.23. The number of anilines is 1. The standard InChI is InChI=1S/C21H15Cl2N3OS2/c1-12-18(13-5-3-2-4-6-13)19-20(24-11-25-21(19)29-12)28-10-17(27)26-16-9-14(22)7-8-15(16)23/h2-9,11H,10H2,1H3,(H,26,27). The van der Waals surface area contributed by atoms with Gasteiger partial charge in [-0.2, -0.15) is 0 Å². The lowest BCUT2D eigenvalue weighted by atomic mass is 10.0. The average molecular weight is 460 g/mol. The summed E-state index contributed by atoms with van der Waals surface area (Å²) in [5.41, 5.74) is 2.73. The molecule has 8 heteroatoms.